The number of hydrogen-bond donors (Lipinski definition) is 1. The van der Waals surface area contributed by atoms with Crippen molar-refractivity contribution >= 4 is 11.6 Å². The fourth-order valence-corrected chi connectivity index (χ4v) is 2.37. The van der Waals surface area contributed by atoms with Gasteiger partial charge in [-0.05, 0) is 17.7 Å². The summed E-state index contributed by atoms with van der Waals surface area (Å²) in [6.07, 6.45) is 3.62. The quantitative estimate of drug-likeness (QED) is 0.854. The topological polar surface area (TPSA) is 73.4 Å². The molecular formula is C15H18N4O2. The Labute approximate surface area is 123 Å². The van der Waals surface area contributed by atoms with Gasteiger partial charge in [0.1, 0.15) is 6.54 Å². The number of nitrogens with zero attached hydrogens (tertiary/aromatic N) is 3. The van der Waals surface area contributed by atoms with Crippen molar-refractivity contribution in [1.29, 1.82) is 0 Å². The number of carbonyl (C=O) groups excluding carboxylic acids is 1. The molecule has 0 spiro atoms. The zero-order valence-corrected chi connectivity index (χ0v) is 11.7. The van der Waals surface area contributed by atoms with Crippen LogP contribution in [-0.4, -0.2) is 46.9 Å². The Kier molecular flexibility index (Phi) is 3.87. The Balaban J connectivity index is 1.69. The van der Waals surface area contributed by atoms with E-state index >= 15 is 0 Å². The van der Waals surface area contributed by atoms with Crippen LogP contribution in [0.4, 0.5) is 5.69 Å². The highest BCUT2D eigenvalue weighted by Gasteiger charge is 2.17. The Bertz CT molecular complexity index is 632. The van der Waals surface area contributed by atoms with E-state index in [4.69, 9.17) is 10.5 Å². The monoisotopic (exact) mass is 286 g/mol. The molecule has 1 amide bonds. The molecule has 110 valence electrons. The van der Waals surface area contributed by atoms with Crippen LogP contribution in [0.25, 0.3) is 11.1 Å². The van der Waals surface area contributed by atoms with Crippen LogP contribution in [0.3, 0.4) is 0 Å². The summed E-state index contributed by atoms with van der Waals surface area (Å²) < 4.78 is 6.91. The summed E-state index contributed by atoms with van der Waals surface area (Å²) in [5, 5.41) is 4.25. The van der Waals surface area contributed by atoms with Crippen LogP contribution in [0.15, 0.2) is 36.7 Å². The molecule has 6 heteroatoms. The first-order valence-electron chi connectivity index (χ1n) is 6.96. The zero-order chi connectivity index (χ0) is 14.7. The van der Waals surface area contributed by atoms with E-state index < -0.39 is 0 Å². The first-order chi connectivity index (χ1) is 10.2. The third-order valence-electron chi connectivity index (χ3n) is 3.51. The van der Waals surface area contributed by atoms with Crippen molar-refractivity contribution in [2.24, 2.45) is 0 Å². The zero-order valence-electron chi connectivity index (χ0n) is 11.7. The van der Waals surface area contributed by atoms with Gasteiger partial charge in [0.2, 0.25) is 5.91 Å². The van der Waals surface area contributed by atoms with Crippen LogP contribution in [0.2, 0.25) is 0 Å². The summed E-state index contributed by atoms with van der Waals surface area (Å²) in [7, 11) is 0. The molecule has 2 heterocycles. The molecule has 3 rings (SSSR count). The van der Waals surface area contributed by atoms with Gasteiger partial charge in [-0.3, -0.25) is 9.48 Å². The Hall–Kier alpha value is -2.34. The number of benzene rings is 1. The number of nitrogen functional groups attached to an aromatic ring is 1. The molecule has 0 radical (unpaired) electrons. The van der Waals surface area contributed by atoms with E-state index in [2.05, 4.69) is 5.10 Å². The van der Waals surface area contributed by atoms with Gasteiger partial charge >= 0.3 is 0 Å². The molecule has 0 atom stereocenters. The summed E-state index contributed by atoms with van der Waals surface area (Å²) in [6, 6.07) is 7.61. The van der Waals surface area contributed by atoms with Crippen molar-refractivity contribution in [1.82, 2.24) is 14.7 Å². The second-order valence-corrected chi connectivity index (χ2v) is 5.05. The van der Waals surface area contributed by atoms with Crippen LogP contribution in [0.1, 0.15) is 0 Å². The molecule has 1 aromatic heterocycles. The summed E-state index contributed by atoms with van der Waals surface area (Å²) in [5.41, 5.74) is 8.45. The molecule has 2 N–H and O–H groups in total. The normalized spacial score (nSPS) is 15.1. The van der Waals surface area contributed by atoms with Crippen LogP contribution in [-0.2, 0) is 16.1 Å². The predicted octanol–water partition coefficient (Wildman–Crippen LogP) is 0.991. The molecular weight excluding hydrogens is 268 g/mol. The standard InChI is InChI=1S/C15H18N4O2/c16-14-3-1-2-12(8-14)13-9-17-19(10-13)11-15(20)18-4-6-21-7-5-18/h1-3,8-10H,4-7,11,16H2. The number of rotatable bonds is 3. The van der Waals surface area contributed by atoms with Crippen LogP contribution < -0.4 is 5.73 Å². The van der Waals surface area contributed by atoms with Crippen molar-refractivity contribution in [2.75, 3.05) is 32.0 Å². The minimum Gasteiger partial charge on any atom is -0.399 e. The highest BCUT2D eigenvalue weighted by molar-refractivity contribution is 5.76. The fourth-order valence-electron chi connectivity index (χ4n) is 2.37. The van der Waals surface area contributed by atoms with Gasteiger partial charge in [-0.1, -0.05) is 12.1 Å². The van der Waals surface area contributed by atoms with Crippen molar-refractivity contribution in [3.8, 4) is 11.1 Å². The average Bonchev–Trinajstić information content (AvgIpc) is 2.97. The fraction of sp³-hybridized carbons (Fsp3) is 0.333. The van der Waals surface area contributed by atoms with Crippen molar-refractivity contribution < 1.29 is 9.53 Å². The number of carbonyl (C=O) groups is 1. The van der Waals surface area contributed by atoms with E-state index in [9.17, 15) is 4.79 Å². The number of ether oxygens (including phenoxy) is 1. The third-order valence-corrected chi connectivity index (χ3v) is 3.51. The number of anilines is 1. The molecule has 0 bridgehead atoms. The first-order valence-corrected chi connectivity index (χ1v) is 6.96. The van der Waals surface area contributed by atoms with E-state index in [1.165, 1.54) is 0 Å². The van der Waals surface area contributed by atoms with Gasteiger partial charge in [-0.2, -0.15) is 5.10 Å². The Morgan fingerprint density at radius 3 is 2.86 bits per heavy atom. The smallest absolute Gasteiger partial charge is 0.244 e. The molecule has 6 nitrogen and oxygen atoms in total. The van der Waals surface area contributed by atoms with Crippen molar-refractivity contribution in [2.45, 2.75) is 6.54 Å². The predicted molar refractivity (Wildman–Crippen MR) is 79.5 cm³/mol. The number of aromatic nitrogens is 2. The molecule has 0 saturated carbocycles. The summed E-state index contributed by atoms with van der Waals surface area (Å²) in [4.78, 5) is 14.0. The van der Waals surface area contributed by atoms with Crippen LogP contribution in [0, 0.1) is 0 Å². The van der Waals surface area contributed by atoms with Crippen LogP contribution in [0.5, 0.6) is 0 Å². The van der Waals surface area contributed by atoms with E-state index in [0.717, 1.165) is 11.1 Å². The summed E-state index contributed by atoms with van der Waals surface area (Å²) >= 11 is 0. The second-order valence-electron chi connectivity index (χ2n) is 5.05. The van der Waals surface area contributed by atoms with E-state index in [-0.39, 0.29) is 12.5 Å². The lowest BCUT2D eigenvalue weighted by Gasteiger charge is -2.26. The van der Waals surface area contributed by atoms with Gasteiger partial charge in [-0.15, -0.1) is 0 Å². The first kappa shape index (κ1) is 13.6. The Morgan fingerprint density at radius 2 is 2.10 bits per heavy atom. The lowest BCUT2D eigenvalue weighted by molar-refractivity contribution is -0.136. The highest BCUT2D eigenvalue weighted by atomic mass is 16.5. The van der Waals surface area contributed by atoms with Crippen molar-refractivity contribution in [3.63, 3.8) is 0 Å². The number of hydrogen-bond acceptors (Lipinski definition) is 4. The summed E-state index contributed by atoms with van der Waals surface area (Å²) in [5.74, 6) is 0.0699. The second kappa shape index (κ2) is 5.97. The number of amides is 1. The SMILES string of the molecule is Nc1cccc(-c2cnn(CC(=O)N3CCOCC3)c2)c1. The minimum absolute atomic E-state index is 0.0699. The molecule has 21 heavy (non-hydrogen) atoms. The highest BCUT2D eigenvalue weighted by Crippen LogP contribution is 2.20. The third kappa shape index (κ3) is 3.22. The number of morpholine rings is 1. The van der Waals surface area contributed by atoms with Crippen LogP contribution >= 0.6 is 0 Å². The van der Waals surface area contributed by atoms with Gasteiger partial charge in [0, 0.05) is 30.5 Å². The molecule has 1 aliphatic rings. The molecule has 0 aliphatic carbocycles. The lowest BCUT2D eigenvalue weighted by atomic mass is 10.1. The molecule has 1 aromatic carbocycles. The van der Waals surface area contributed by atoms with E-state index in [1.807, 2.05) is 35.4 Å². The van der Waals surface area contributed by atoms with Gasteiger partial charge in [0.25, 0.3) is 0 Å². The number of nitrogens with two attached hydrogens (primary N) is 1. The molecule has 2 aromatic rings. The van der Waals surface area contributed by atoms with Crippen molar-refractivity contribution in [3.05, 3.63) is 36.7 Å². The molecule has 1 saturated heterocycles. The summed E-state index contributed by atoms with van der Waals surface area (Å²) in [6.45, 7) is 2.78. The maximum atomic E-state index is 12.2. The Morgan fingerprint density at radius 1 is 1.29 bits per heavy atom. The maximum absolute atomic E-state index is 12.2. The average molecular weight is 286 g/mol. The maximum Gasteiger partial charge on any atom is 0.244 e. The van der Waals surface area contributed by atoms with Gasteiger partial charge in [0.15, 0.2) is 0 Å². The lowest BCUT2D eigenvalue weighted by Crippen LogP contribution is -2.42. The molecule has 1 aliphatic heterocycles. The van der Waals surface area contributed by atoms with Gasteiger partial charge in [0.05, 0.1) is 19.4 Å². The van der Waals surface area contributed by atoms with Gasteiger partial charge in [-0.25, -0.2) is 0 Å². The largest absolute Gasteiger partial charge is 0.399 e. The molecule has 0 unspecified atom stereocenters. The van der Waals surface area contributed by atoms with Gasteiger partial charge < -0.3 is 15.4 Å². The van der Waals surface area contributed by atoms with E-state index in [1.54, 1.807) is 10.9 Å². The minimum atomic E-state index is 0.0699. The van der Waals surface area contributed by atoms with E-state index in [0.29, 0.717) is 32.0 Å². The molecule has 1 fully saturated rings.